The van der Waals surface area contributed by atoms with Gasteiger partial charge in [-0.2, -0.15) is 10.4 Å². The van der Waals surface area contributed by atoms with Gasteiger partial charge in [0, 0.05) is 6.20 Å². The van der Waals surface area contributed by atoms with Crippen molar-refractivity contribution in [3.8, 4) is 11.8 Å². The smallest absolute Gasteiger partial charge is 0.238 e. The minimum absolute atomic E-state index is 0.0302. The van der Waals surface area contributed by atoms with E-state index < -0.39 is 5.78 Å². The monoisotopic (exact) mass is 303 g/mol. The first-order valence-electron chi connectivity index (χ1n) is 7.00. The molecule has 0 saturated heterocycles. The SMILES string of the molecule is Cc1ccn(-c2ccc(C=C(C#N)C(=O)c3ccco3)cc2)n1. The van der Waals surface area contributed by atoms with Gasteiger partial charge in [0.25, 0.3) is 0 Å². The van der Waals surface area contributed by atoms with Gasteiger partial charge in [0.15, 0.2) is 5.76 Å². The molecule has 0 saturated carbocycles. The summed E-state index contributed by atoms with van der Waals surface area (Å²) in [6, 6.07) is 14.4. The molecule has 0 radical (unpaired) electrons. The van der Waals surface area contributed by atoms with Crippen LogP contribution >= 0.6 is 0 Å². The van der Waals surface area contributed by atoms with E-state index in [1.54, 1.807) is 16.8 Å². The van der Waals surface area contributed by atoms with Gasteiger partial charge in [-0.25, -0.2) is 4.68 Å². The number of nitrogens with zero attached hydrogens (tertiary/aromatic N) is 3. The molecule has 0 aliphatic rings. The molecule has 1 aromatic carbocycles. The van der Waals surface area contributed by atoms with Gasteiger partial charge in [-0.15, -0.1) is 0 Å². The zero-order chi connectivity index (χ0) is 16.2. The topological polar surface area (TPSA) is 71.8 Å². The molecule has 2 aromatic heterocycles. The lowest BCUT2D eigenvalue weighted by Gasteiger charge is -2.02. The lowest BCUT2D eigenvalue weighted by molar-refractivity contribution is 0.101. The molecule has 0 bridgehead atoms. The highest BCUT2D eigenvalue weighted by Gasteiger charge is 2.14. The number of rotatable bonds is 4. The van der Waals surface area contributed by atoms with Crippen molar-refractivity contribution >= 4 is 11.9 Å². The maximum absolute atomic E-state index is 12.1. The molecule has 5 nitrogen and oxygen atoms in total. The summed E-state index contributed by atoms with van der Waals surface area (Å²) in [5.74, 6) is -0.272. The van der Waals surface area contributed by atoms with Gasteiger partial charge in [-0.05, 0) is 48.9 Å². The van der Waals surface area contributed by atoms with Crippen molar-refractivity contribution in [1.82, 2.24) is 9.78 Å². The lowest BCUT2D eigenvalue weighted by Crippen LogP contribution is -2.00. The number of ketones is 1. The number of carbonyl (C=O) groups excluding carboxylic acids is 1. The van der Waals surface area contributed by atoms with Gasteiger partial charge in [-0.1, -0.05) is 12.1 Å². The van der Waals surface area contributed by atoms with Crippen molar-refractivity contribution in [2.75, 3.05) is 0 Å². The number of carbonyl (C=O) groups is 1. The van der Waals surface area contributed by atoms with E-state index in [2.05, 4.69) is 5.10 Å². The third-order valence-corrected chi connectivity index (χ3v) is 3.30. The van der Waals surface area contributed by atoms with E-state index in [0.29, 0.717) is 0 Å². The fraction of sp³-hybridized carbons (Fsp3) is 0.0556. The summed E-state index contributed by atoms with van der Waals surface area (Å²) in [5.41, 5.74) is 2.63. The first-order chi connectivity index (χ1) is 11.2. The molecule has 2 heterocycles. The minimum Gasteiger partial charge on any atom is -0.461 e. The van der Waals surface area contributed by atoms with Crippen LogP contribution in [0.25, 0.3) is 11.8 Å². The van der Waals surface area contributed by atoms with E-state index in [9.17, 15) is 10.1 Å². The molecule has 23 heavy (non-hydrogen) atoms. The molecule has 3 rings (SSSR count). The molecule has 5 heteroatoms. The Bertz CT molecular complexity index is 895. The highest BCUT2D eigenvalue weighted by Crippen LogP contribution is 2.15. The fourth-order valence-electron chi connectivity index (χ4n) is 2.14. The number of Topliss-reactive ketones (excluding diaryl/α,β-unsaturated/α-hetero) is 1. The summed E-state index contributed by atoms with van der Waals surface area (Å²) in [6.07, 6.45) is 4.83. The Kier molecular flexibility index (Phi) is 3.89. The Balaban J connectivity index is 1.86. The van der Waals surface area contributed by atoms with E-state index in [-0.39, 0.29) is 11.3 Å². The predicted octanol–water partition coefficient (Wildman–Crippen LogP) is 3.56. The maximum Gasteiger partial charge on any atom is 0.238 e. The molecule has 0 amide bonds. The number of aryl methyl sites for hydroxylation is 1. The molecule has 0 aliphatic heterocycles. The van der Waals surface area contributed by atoms with Crippen LogP contribution in [0, 0.1) is 18.3 Å². The normalized spacial score (nSPS) is 11.2. The fourth-order valence-corrected chi connectivity index (χ4v) is 2.14. The summed E-state index contributed by atoms with van der Waals surface area (Å²) in [7, 11) is 0. The van der Waals surface area contributed by atoms with Crippen molar-refractivity contribution in [1.29, 1.82) is 5.26 Å². The Morgan fingerprint density at radius 3 is 2.61 bits per heavy atom. The Labute approximate surface area is 133 Å². The molecule has 0 unspecified atom stereocenters. The first kappa shape index (κ1) is 14.5. The van der Waals surface area contributed by atoms with E-state index in [1.165, 1.54) is 12.3 Å². The van der Waals surface area contributed by atoms with Crippen LogP contribution in [-0.4, -0.2) is 15.6 Å². The van der Waals surface area contributed by atoms with Crippen molar-refractivity contribution in [3.05, 3.63) is 77.5 Å². The summed E-state index contributed by atoms with van der Waals surface area (Å²) in [5, 5.41) is 13.5. The third-order valence-electron chi connectivity index (χ3n) is 3.30. The largest absolute Gasteiger partial charge is 0.461 e. The molecule has 0 atom stereocenters. The second kappa shape index (κ2) is 6.16. The van der Waals surface area contributed by atoms with Crippen LogP contribution < -0.4 is 0 Å². The summed E-state index contributed by atoms with van der Waals surface area (Å²) in [4.78, 5) is 12.1. The van der Waals surface area contributed by atoms with Crippen LogP contribution in [-0.2, 0) is 0 Å². The van der Waals surface area contributed by atoms with Crippen LogP contribution in [0.5, 0.6) is 0 Å². The predicted molar refractivity (Wildman–Crippen MR) is 84.9 cm³/mol. The van der Waals surface area contributed by atoms with Gasteiger partial charge in [0.2, 0.25) is 5.78 Å². The molecule has 0 N–H and O–H groups in total. The van der Waals surface area contributed by atoms with Crippen LogP contribution in [0.3, 0.4) is 0 Å². The van der Waals surface area contributed by atoms with Gasteiger partial charge < -0.3 is 4.42 Å². The number of hydrogen-bond donors (Lipinski definition) is 0. The van der Waals surface area contributed by atoms with E-state index in [0.717, 1.165) is 16.9 Å². The van der Waals surface area contributed by atoms with Gasteiger partial charge >= 0.3 is 0 Å². The van der Waals surface area contributed by atoms with Gasteiger partial charge in [-0.3, -0.25) is 4.79 Å². The quantitative estimate of drug-likeness (QED) is 0.419. The molecular formula is C18H13N3O2. The molecule has 112 valence electrons. The Hall–Kier alpha value is -3.39. The van der Waals surface area contributed by atoms with Crippen LogP contribution in [0.15, 0.2) is 64.9 Å². The number of nitriles is 1. The maximum atomic E-state index is 12.1. The number of benzene rings is 1. The Morgan fingerprint density at radius 1 is 1.26 bits per heavy atom. The van der Waals surface area contributed by atoms with Gasteiger partial charge in [0.05, 0.1) is 17.6 Å². The zero-order valence-electron chi connectivity index (χ0n) is 12.4. The first-order valence-corrected chi connectivity index (χ1v) is 7.00. The summed E-state index contributed by atoms with van der Waals surface area (Å²) in [6.45, 7) is 1.92. The highest BCUT2D eigenvalue weighted by atomic mass is 16.3. The zero-order valence-corrected chi connectivity index (χ0v) is 12.4. The standard InChI is InChI=1S/C18H13N3O2/c1-13-8-9-21(20-13)16-6-4-14(5-7-16)11-15(12-19)18(22)17-3-2-10-23-17/h2-11H,1H3. The van der Waals surface area contributed by atoms with E-state index >= 15 is 0 Å². The minimum atomic E-state index is -0.427. The van der Waals surface area contributed by atoms with Crippen LogP contribution in [0.1, 0.15) is 21.8 Å². The van der Waals surface area contributed by atoms with Crippen molar-refractivity contribution in [2.24, 2.45) is 0 Å². The van der Waals surface area contributed by atoms with E-state index in [1.807, 2.05) is 49.5 Å². The molecular weight excluding hydrogens is 290 g/mol. The average molecular weight is 303 g/mol. The second-order valence-electron chi connectivity index (χ2n) is 4.97. The Morgan fingerprint density at radius 2 is 2.04 bits per heavy atom. The van der Waals surface area contributed by atoms with Crippen molar-refractivity contribution in [3.63, 3.8) is 0 Å². The third kappa shape index (κ3) is 3.11. The number of furan rings is 1. The highest BCUT2D eigenvalue weighted by molar-refractivity contribution is 6.12. The molecule has 0 spiro atoms. The van der Waals surface area contributed by atoms with Gasteiger partial charge in [0.1, 0.15) is 11.6 Å². The second-order valence-corrected chi connectivity index (χ2v) is 4.97. The van der Waals surface area contributed by atoms with Crippen LogP contribution in [0.2, 0.25) is 0 Å². The number of hydrogen-bond acceptors (Lipinski definition) is 4. The molecule has 0 fully saturated rings. The average Bonchev–Trinajstić information content (AvgIpc) is 3.24. The number of aromatic nitrogens is 2. The molecule has 3 aromatic rings. The van der Waals surface area contributed by atoms with Crippen LogP contribution in [0.4, 0.5) is 0 Å². The number of allylic oxidation sites excluding steroid dienone is 1. The summed E-state index contributed by atoms with van der Waals surface area (Å²) >= 11 is 0. The molecule has 0 aliphatic carbocycles. The summed E-state index contributed by atoms with van der Waals surface area (Å²) < 4.78 is 6.81. The van der Waals surface area contributed by atoms with Crippen molar-refractivity contribution < 1.29 is 9.21 Å². The van der Waals surface area contributed by atoms with Crippen molar-refractivity contribution in [2.45, 2.75) is 6.92 Å². The van der Waals surface area contributed by atoms with E-state index in [4.69, 9.17) is 4.42 Å². The lowest BCUT2D eigenvalue weighted by atomic mass is 10.1.